The molecule has 21 heavy (non-hydrogen) atoms. The molecule has 5 fully saturated rings. The quantitative estimate of drug-likeness (QED) is 0.694. The first-order chi connectivity index (χ1) is 10.0. The van der Waals surface area contributed by atoms with Gasteiger partial charge >= 0.3 is 6.16 Å². The third-order valence-corrected chi connectivity index (χ3v) is 7.31. The van der Waals surface area contributed by atoms with Crippen LogP contribution in [0.4, 0.5) is 4.79 Å². The van der Waals surface area contributed by atoms with Crippen LogP contribution in [0.2, 0.25) is 0 Å². The molecule has 3 atom stereocenters. The standard InChI is InChI=1S/C17H28.CH2O3/c1-12-15-8-13-7-14(9-15)11-17(12,10-13)16-5-3-2-4-6-16;2-1(3)4/h12-16H,2-11H2,1H3;(H2,2,3,4). The van der Waals surface area contributed by atoms with Crippen LogP contribution in [-0.4, -0.2) is 16.4 Å². The first kappa shape index (κ1) is 15.2. The van der Waals surface area contributed by atoms with Crippen molar-refractivity contribution < 1.29 is 15.0 Å². The van der Waals surface area contributed by atoms with E-state index in [1.165, 1.54) is 6.42 Å². The Labute approximate surface area is 128 Å². The average molecular weight is 294 g/mol. The first-order valence-electron chi connectivity index (χ1n) is 8.93. The molecule has 0 aliphatic heterocycles. The molecule has 2 N–H and O–H groups in total. The maximum Gasteiger partial charge on any atom is 0.503 e. The zero-order valence-corrected chi connectivity index (χ0v) is 13.3. The zero-order valence-electron chi connectivity index (χ0n) is 13.3. The van der Waals surface area contributed by atoms with Crippen LogP contribution in [0.15, 0.2) is 0 Å². The van der Waals surface area contributed by atoms with E-state index in [4.69, 9.17) is 15.0 Å². The van der Waals surface area contributed by atoms with Crippen LogP contribution >= 0.6 is 0 Å². The average Bonchev–Trinajstić information content (AvgIpc) is 2.44. The van der Waals surface area contributed by atoms with Crippen molar-refractivity contribution >= 4 is 6.16 Å². The van der Waals surface area contributed by atoms with Gasteiger partial charge in [0.1, 0.15) is 0 Å². The van der Waals surface area contributed by atoms with Crippen molar-refractivity contribution in [1.29, 1.82) is 0 Å². The molecule has 0 radical (unpaired) electrons. The number of hydrogen-bond donors (Lipinski definition) is 2. The van der Waals surface area contributed by atoms with Crippen molar-refractivity contribution in [2.24, 2.45) is 35.0 Å². The van der Waals surface area contributed by atoms with E-state index in [2.05, 4.69) is 6.92 Å². The van der Waals surface area contributed by atoms with Gasteiger partial charge in [0.25, 0.3) is 0 Å². The summed E-state index contributed by atoms with van der Waals surface area (Å²) in [6.45, 7) is 2.64. The van der Waals surface area contributed by atoms with Crippen molar-refractivity contribution in [3.05, 3.63) is 0 Å². The lowest BCUT2D eigenvalue weighted by Gasteiger charge is -2.64. The summed E-state index contributed by atoms with van der Waals surface area (Å²) in [5.41, 5.74) is 0.829. The molecule has 0 amide bonds. The summed E-state index contributed by atoms with van der Waals surface area (Å²) in [6, 6.07) is 0. The van der Waals surface area contributed by atoms with Gasteiger partial charge in [-0.1, -0.05) is 26.2 Å². The number of carbonyl (C=O) groups is 1. The molecule has 5 aliphatic carbocycles. The lowest BCUT2D eigenvalue weighted by molar-refractivity contribution is -0.140. The van der Waals surface area contributed by atoms with E-state index in [1.54, 1.807) is 57.8 Å². The normalized spacial score (nSPS) is 45.0. The fourth-order valence-corrected chi connectivity index (χ4v) is 6.74. The van der Waals surface area contributed by atoms with Gasteiger partial charge in [-0.25, -0.2) is 4.79 Å². The summed E-state index contributed by atoms with van der Waals surface area (Å²) in [5, 5.41) is 13.9. The molecule has 0 heterocycles. The Morgan fingerprint density at radius 2 is 1.48 bits per heavy atom. The molecule has 3 nitrogen and oxygen atoms in total. The van der Waals surface area contributed by atoms with Gasteiger partial charge in [-0.2, -0.15) is 0 Å². The summed E-state index contributed by atoms with van der Waals surface area (Å²) < 4.78 is 0. The van der Waals surface area contributed by atoms with E-state index < -0.39 is 6.16 Å². The van der Waals surface area contributed by atoms with Crippen LogP contribution in [-0.2, 0) is 0 Å². The van der Waals surface area contributed by atoms with Crippen molar-refractivity contribution in [3.8, 4) is 0 Å². The van der Waals surface area contributed by atoms with Gasteiger partial charge in [0.15, 0.2) is 0 Å². The molecular weight excluding hydrogens is 264 g/mol. The van der Waals surface area contributed by atoms with E-state index >= 15 is 0 Å². The van der Waals surface area contributed by atoms with Gasteiger partial charge < -0.3 is 10.2 Å². The predicted octanol–water partition coefficient (Wildman–Crippen LogP) is 5.25. The molecule has 120 valence electrons. The highest BCUT2D eigenvalue weighted by atomic mass is 16.6. The van der Waals surface area contributed by atoms with Crippen molar-refractivity contribution in [2.75, 3.05) is 0 Å². The molecule has 3 heteroatoms. The molecule has 0 saturated heterocycles. The minimum atomic E-state index is -1.83. The predicted molar refractivity (Wildman–Crippen MR) is 82.4 cm³/mol. The van der Waals surface area contributed by atoms with Gasteiger partial charge in [-0.05, 0) is 80.0 Å². The van der Waals surface area contributed by atoms with Gasteiger partial charge in [0.2, 0.25) is 0 Å². The van der Waals surface area contributed by atoms with E-state index in [-0.39, 0.29) is 0 Å². The zero-order chi connectivity index (χ0) is 15.0. The van der Waals surface area contributed by atoms with E-state index in [0.29, 0.717) is 0 Å². The third kappa shape index (κ3) is 2.80. The lowest BCUT2D eigenvalue weighted by atomic mass is 9.41. The highest BCUT2D eigenvalue weighted by molar-refractivity contribution is 5.53. The second-order valence-corrected chi connectivity index (χ2v) is 8.25. The molecule has 5 rings (SSSR count). The highest BCUT2D eigenvalue weighted by Crippen LogP contribution is 2.66. The SMILES string of the molecule is CC1C2CC3CC(C2)CC1(C1CCCCC1)C3.O=C(O)O. The Bertz CT molecular complexity index is 368. The molecule has 0 aromatic carbocycles. The molecule has 0 aromatic rings. The van der Waals surface area contributed by atoms with Gasteiger partial charge in [-0.15, -0.1) is 0 Å². The monoisotopic (exact) mass is 294 g/mol. The summed E-state index contributed by atoms with van der Waals surface area (Å²) in [7, 11) is 0. The van der Waals surface area contributed by atoms with Crippen molar-refractivity contribution in [1.82, 2.24) is 0 Å². The van der Waals surface area contributed by atoms with E-state index in [0.717, 1.165) is 35.0 Å². The van der Waals surface area contributed by atoms with Crippen molar-refractivity contribution in [2.45, 2.75) is 71.1 Å². The molecular formula is C18H30O3. The van der Waals surface area contributed by atoms with Crippen LogP contribution in [0, 0.1) is 35.0 Å². The van der Waals surface area contributed by atoms with Crippen LogP contribution in [0.25, 0.3) is 0 Å². The molecule has 5 saturated carbocycles. The minimum absolute atomic E-state index is 0.829. The van der Waals surface area contributed by atoms with E-state index in [1.807, 2.05) is 0 Å². The highest BCUT2D eigenvalue weighted by Gasteiger charge is 2.57. The van der Waals surface area contributed by atoms with Crippen LogP contribution < -0.4 is 0 Å². The number of rotatable bonds is 1. The minimum Gasteiger partial charge on any atom is -0.450 e. The van der Waals surface area contributed by atoms with Gasteiger partial charge in [0.05, 0.1) is 0 Å². The first-order valence-corrected chi connectivity index (χ1v) is 8.93. The Balaban J connectivity index is 0.000000298. The molecule has 0 aromatic heterocycles. The fraction of sp³-hybridized carbons (Fsp3) is 0.944. The lowest BCUT2D eigenvalue weighted by Crippen LogP contribution is -2.55. The number of carboxylic acid groups (broad SMARTS) is 2. The molecule has 3 unspecified atom stereocenters. The summed E-state index contributed by atoms with van der Waals surface area (Å²) in [5.74, 6) is 5.61. The largest absolute Gasteiger partial charge is 0.503 e. The molecule has 4 bridgehead atoms. The van der Waals surface area contributed by atoms with Crippen LogP contribution in [0.1, 0.15) is 71.1 Å². The number of hydrogen-bond acceptors (Lipinski definition) is 1. The fourth-order valence-electron chi connectivity index (χ4n) is 6.74. The van der Waals surface area contributed by atoms with Crippen LogP contribution in [0.3, 0.4) is 0 Å². The maximum absolute atomic E-state index is 8.56. The summed E-state index contributed by atoms with van der Waals surface area (Å²) >= 11 is 0. The molecule has 0 spiro atoms. The van der Waals surface area contributed by atoms with Crippen molar-refractivity contribution in [3.63, 3.8) is 0 Å². The van der Waals surface area contributed by atoms with Gasteiger partial charge in [0, 0.05) is 0 Å². The Morgan fingerprint density at radius 1 is 0.952 bits per heavy atom. The second kappa shape index (κ2) is 5.81. The van der Waals surface area contributed by atoms with Gasteiger partial charge in [-0.3, -0.25) is 0 Å². The van der Waals surface area contributed by atoms with E-state index in [9.17, 15) is 0 Å². The Kier molecular flexibility index (Phi) is 4.20. The Morgan fingerprint density at radius 3 is 2.00 bits per heavy atom. The second-order valence-electron chi connectivity index (χ2n) is 8.25. The topological polar surface area (TPSA) is 57.5 Å². The van der Waals surface area contributed by atoms with Crippen LogP contribution in [0.5, 0.6) is 0 Å². The summed E-state index contributed by atoms with van der Waals surface area (Å²) in [4.78, 5) is 8.56. The maximum atomic E-state index is 8.56. The third-order valence-electron chi connectivity index (χ3n) is 7.31. The Hall–Kier alpha value is -0.730. The molecule has 5 aliphatic rings. The summed E-state index contributed by atoms with van der Waals surface area (Å²) in [6.07, 6.45) is 14.0. The smallest absolute Gasteiger partial charge is 0.450 e.